The molecular weight excluding hydrogens is 278 g/mol. The molecule has 0 radical (unpaired) electrons. The van der Waals surface area contributed by atoms with Gasteiger partial charge in [-0.3, -0.25) is 0 Å². The summed E-state index contributed by atoms with van der Waals surface area (Å²) in [4.78, 5) is 2.21. The van der Waals surface area contributed by atoms with Crippen LogP contribution in [0.5, 0.6) is 11.5 Å². The number of alkyl halides is 2. The summed E-state index contributed by atoms with van der Waals surface area (Å²) in [7, 11) is 0. The van der Waals surface area contributed by atoms with E-state index in [0.717, 1.165) is 38.2 Å². The van der Waals surface area contributed by atoms with Gasteiger partial charge in [0.2, 0.25) is 0 Å². The lowest BCUT2D eigenvalue weighted by atomic mass is 9.90. The molecule has 1 aromatic rings. The zero-order chi connectivity index (χ0) is 15.1. The Labute approximate surface area is 123 Å². The Bertz CT molecular complexity index is 532. The van der Waals surface area contributed by atoms with Crippen LogP contribution in [0.2, 0.25) is 0 Å². The van der Waals surface area contributed by atoms with Crippen LogP contribution in [0.25, 0.3) is 0 Å². The normalized spacial score (nSPS) is 22.4. The van der Waals surface area contributed by atoms with Crippen molar-refractivity contribution in [1.29, 1.82) is 0 Å². The van der Waals surface area contributed by atoms with Crippen molar-refractivity contribution >= 4 is 5.69 Å². The largest absolute Gasteiger partial charge is 0.586 e. The van der Waals surface area contributed by atoms with Gasteiger partial charge >= 0.3 is 6.29 Å². The summed E-state index contributed by atoms with van der Waals surface area (Å²) in [6.07, 6.45) is -1.49. The summed E-state index contributed by atoms with van der Waals surface area (Å²) < 4.78 is 35.1. The van der Waals surface area contributed by atoms with Crippen LogP contribution < -0.4 is 19.7 Å². The smallest absolute Gasteiger partial charge is 0.395 e. The number of hydrogen-bond acceptors (Lipinski definition) is 4. The molecule has 0 unspecified atom stereocenters. The standard InChI is InChI=1S/C15H20F2N2O2/c1-3-14(4-2)10-19(8-7-18-14)11-5-6-12-13(9-11)21-15(16,17)20-12/h5-6,9,18H,3-4,7-8,10H2,1-2H3. The van der Waals surface area contributed by atoms with E-state index in [-0.39, 0.29) is 17.0 Å². The van der Waals surface area contributed by atoms with Crippen molar-refractivity contribution in [2.75, 3.05) is 24.5 Å². The number of halogens is 2. The van der Waals surface area contributed by atoms with Crippen LogP contribution in [-0.4, -0.2) is 31.5 Å². The van der Waals surface area contributed by atoms with E-state index >= 15 is 0 Å². The van der Waals surface area contributed by atoms with E-state index in [2.05, 4.69) is 33.5 Å². The predicted octanol–water partition coefficient (Wildman–Crippen LogP) is 2.98. The Balaban J connectivity index is 1.82. The second-order valence-corrected chi connectivity index (χ2v) is 5.63. The molecule has 1 N–H and O–H groups in total. The molecule has 4 nitrogen and oxygen atoms in total. The molecule has 1 aromatic carbocycles. The second-order valence-electron chi connectivity index (χ2n) is 5.63. The highest BCUT2D eigenvalue weighted by molar-refractivity contribution is 5.58. The maximum Gasteiger partial charge on any atom is 0.586 e. The van der Waals surface area contributed by atoms with Crippen molar-refractivity contribution in [3.63, 3.8) is 0 Å². The fraction of sp³-hybridized carbons (Fsp3) is 0.600. The summed E-state index contributed by atoms with van der Waals surface area (Å²) in [6, 6.07) is 5.00. The Morgan fingerprint density at radius 2 is 1.90 bits per heavy atom. The highest BCUT2D eigenvalue weighted by Crippen LogP contribution is 2.43. The van der Waals surface area contributed by atoms with Crippen LogP contribution in [0.1, 0.15) is 26.7 Å². The fourth-order valence-corrected chi connectivity index (χ4v) is 3.03. The highest BCUT2D eigenvalue weighted by Gasteiger charge is 2.43. The van der Waals surface area contributed by atoms with Crippen LogP contribution in [0.3, 0.4) is 0 Å². The average molecular weight is 298 g/mol. The Morgan fingerprint density at radius 3 is 2.62 bits per heavy atom. The van der Waals surface area contributed by atoms with E-state index in [1.54, 1.807) is 12.1 Å². The molecule has 21 heavy (non-hydrogen) atoms. The van der Waals surface area contributed by atoms with Crippen molar-refractivity contribution in [3.8, 4) is 11.5 Å². The third-order valence-electron chi connectivity index (χ3n) is 4.48. The Kier molecular flexibility index (Phi) is 3.43. The lowest BCUT2D eigenvalue weighted by molar-refractivity contribution is -0.286. The first kappa shape index (κ1) is 14.4. The average Bonchev–Trinajstić information content (AvgIpc) is 2.80. The van der Waals surface area contributed by atoms with E-state index < -0.39 is 6.29 Å². The monoisotopic (exact) mass is 298 g/mol. The van der Waals surface area contributed by atoms with Crippen LogP contribution in [-0.2, 0) is 0 Å². The van der Waals surface area contributed by atoms with Crippen LogP contribution in [0.4, 0.5) is 14.5 Å². The van der Waals surface area contributed by atoms with Crippen LogP contribution >= 0.6 is 0 Å². The van der Waals surface area contributed by atoms with Gasteiger partial charge in [-0.05, 0) is 25.0 Å². The maximum atomic E-state index is 13.1. The number of anilines is 1. The number of nitrogens with one attached hydrogen (secondary N) is 1. The topological polar surface area (TPSA) is 33.7 Å². The molecular formula is C15H20F2N2O2. The minimum Gasteiger partial charge on any atom is -0.395 e. The minimum atomic E-state index is -3.55. The number of benzene rings is 1. The van der Waals surface area contributed by atoms with Gasteiger partial charge in [0.15, 0.2) is 11.5 Å². The lowest BCUT2D eigenvalue weighted by Gasteiger charge is -2.44. The molecule has 1 fully saturated rings. The third kappa shape index (κ3) is 2.64. The van der Waals surface area contributed by atoms with Gasteiger partial charge in [0.25, 0.3) is 0 Å². The second kappa shape index (κ2) is 5.02. The first-order valence-electron chi connectivity index (χ1n) is 7.37. The molecule has 0 aliphatic carbocycles. The number of rotatable bonds is 3. The molecule has 0 spiro atoms. The summed E-state index contributed by atoms with van der Waals surface area (Å²) in [5.41, 5.74) is 0.973. The van der Waals surface area contributed by atoms with Gasteiger partial charge in [0.1, 0.15) is 0 Å². The first-order chi connectivity index (χ1) is 9.97. The molecule has 2 aliphatic rings. The summed E-state index contributed by atoms with van der Waals surface area (Å²) in [6.45, 7) is 6.92. The zero-order valence-corrected chi connectivity index (χ0v) is 12.3. The summed E-state index contributed by atoms with van der Waals surface area (Å²) >= 11 is 0. The van der Waals surface area contributed by atoms with Crippen LogP contribution in [0, 0.1) is 0 Å². The van der Waals surface area contributed by atoms with Crippen molar-refractivity contribution < 1.29 is 18.3 Å². The molecule has 2 aliphatic heterocycles. The van der Waals surface area contributed by atoms with Gasteiger partial charge in [-0.15, -0.1) is 8.78 Å². The molecule has 3 rings (SSSR count). The molecule has 0 saturated carbocycles. The number of nitrogens with zero attached hydrogens (tertiary/aromatic N) is 1. The molecule has 0 amide bonds. The minimum absolute atomic E-state index is 0.0819. The van der Waals surface area contributed by atoms with Gasteiger partial charge in [0, 0.05) is 36.9 Å². The molecule has 6 heteroatoms. The highest BCUT2D eigenvalue weighted by atomic mass is 19.3. The van der Waals surface area contributed by atoms with Gasteiger partial charge < -0.3 is 19.7 Å². The molecule has 2 heterocycles. The van der Waals surface area contributed by atoms with Crippen molar-refractivity contribution in [3.05, 3.63) is 18.2 Å². The molecule has 0 bridgehead atoms. The zero-order valence-electron chi connectivity index (χ0n) is 12.3. The summed E-state index contributed by atoms with van der Waals surface area (Å²) in [5.74, 6) is 0.200. The van der Waals surface area contributed by atoms with Crippen LogP contribution in [0.15, 0.2) is 18.2 Å². The number of piperazine rings is 1. The molecule has 0 atom stereocenters. The lowest BCUT2D eigenvalue weighted by Crippen LogP contribution is -2.60. The van der Waals surface area contributed by atoms with E-state index in [1.807, 2.05) is 6.07 Å². The number of fused-ring (bicyclic) bond motifs is 1. The summed E-state index contributed by atoms with van der Waals surface area (Å²) in [5, 5.41) is 3.58. The number of hydrogen-bond donors (Lipinski definition) is 1. The molecule has 1 saturated heterocycles. The van der Waals surface area contributed by atoms with Gasteiger partial charge in [0.05, 0.1) is 0 Å². The van der Waals surface area contributed by atoms with Gasteiger partial charge in [-0.2, -0.15) is 0 Å². The number of ether oxygens (including phenoxy) is 2. The molecule has 0 aromatic heterocycles. The Hall–Kier alpha value is -1.56. The van der Waals surface area contributed by atoms with Gasteiger partial charge in [-0.1, -0.05) is 13.8 Å². The molecule has 116 valence electrons. The van der Waals surface area contributed by atoms with E-state index in [0.29, 0.717) is 0 Å². The van der Waals surface area contributed by atoms with E-state index in [4.69, 9.17) is 0 Å². The van der Waals surface area contributed by atoms with E-state index in [1.165, 1.54) is 0 Å². The third-order valence-corrected chi connectivity index (χ3v) is 4.48. The fourth-order valence-electron chi connectivity index (χ4n) is 3.03. The van der Waals surface area contributed by atoms with E-state index in [9.17, 15) is 8.78 Å². The Morgan fingerprint density at radius 1 is 1.19 bits per heavy atom. The van der Waals surface area contributed by atoms with Crippen molar-refractivity contribution in [2.24, 2.45) is 0 Å². The first-order valence-corrected chi connectivity index (χ1v) is 7.37. The van der Waals surface area contributed by atoms with Crippen molar-refractivity contribution in [2.45, 2.75) is 38.5 Å². The quantitative estimate of drug-likeness (QED) is 0.930. The SMILES string of the molecule is CCC1(CC)CN(c2ccc3c(c2)OC(F)(F)O3)CCN1. The predicted molar refractivity (Wildman–Crippen MR) is 76.2 cm³/mol. The maximum absolute atomic E-state index is 13.1. The van der Waals surface area contributed by atoms with Crippen molar-refractivity contribution in [1.82, 2.24) is 5.32 Å². The van der Waals surface area contributed by atoms with Gasteiger partial charge in [-0.25, -0.2) is 0 Å².